The van der Waals surface area contributed by atoms with E-state index in [1.807, 2.05) is 13.0 Å². The molecular weight excluding hydrogens is 332 g/mol. The number of anilines is 1. The summed E-state index contributed by atoms with van der Waals surface area (Å²) in [6.45, 7) is 1.96. The first kappa shape index (κ1) is 18.7. The van der Waals surface area contributed by atoms with Crippen LogP contribution in [0.25, 0.3) is 6.08 Å². The summed E-state index contributed by atoms with van der Waals surface area (Å²) in [5, 5.41) is 11.7. The van der Waals surface area contributed by atoms with Crippen LogP contribution in [0.5, 0.6) is 5.75 Å². The second kappa shape index (κ2) is 9.64. The molecule has 2 rings (SSSR count). The highest BCUT2D eigenvalue weighted by atomic mass is 16.5. The molecule has 6 heteroatoms. The molecule has 1 amide bonds. The van der Waals surface area contributed by atoms with Gasteiger partial charge in [0.2, 0.25) is 0 Å². The van der Waals surface area contributed by atoms with E-state index in [2.05, 4.69) is 5.32 Å². The van der Waals surface area contributed by atoms with Crippen LogP contribution in [0, 0.1) is 11.3 Å². The fourth-order valence-corrected chi connectivity index (χ4v) is 2.06. The number of hydrogen-bond donors (Lipinski definition) is 1. The Morgan fingerprint density at radius 3 is 2.42 bits per heavy atom. The van der Waals surface area contributed by atoms with E-state index in [-0.39, 0.29) is 5.57 Å². The van der Waals surface area contributed by atoms with Crippen molar-refractivity contribution in [2.45, 2.75) is 6.92 Å². The second-order valence-electron chi connectivity index (χ2n) is 5.16. The lowest BCUT2D eigenvalue weighted by molar-refractivity contribution is -0.142. The van der Waals surface area contributed by atoms with Gasteiger partial charge in [0.15, 0.2) is 6.61 Å². The van der Waals surface area contributed by atoms with E-state index in [0.717, 1.165) is 0 Å². The SMILES string of the molecule is CCOc1ccc(/C=C(\C#N)C(=O)OCC(=O)Nc2ccccc2)cc1. The molecular formula is C20H18N2O4. The van der Waals surface area contributed by atoms with Gasteiger partial charge in [-0.1, -0.05) is 30.3 Å². The fraction of sp³-hybridized carbons (Fsp3) is 0.150. The van der Waals surface area contributed by atoms with Gasteiger partial charge < -0.3 is 14.8 Å². The Balaban J connectivity index is 1.93. The third-order valence-corrected chi connectivity index (χ3v) is 3.23. The van der Waals surface area contributed by atoms with E-state index in [1.54, 1.807) is 54.6 Å². The van der Waals surface area contributed by atoms with Crippen molar-refractivity contribution >= 4 is 23.6 Å². The van der Waals surface area contributed by atoms with Gasteiger partial charge in [0.25, 0.3) is 5.91 Å². The van der Waals surface area contributed by atoms with E-state index in [0.29, 0.717) is 23.6 Å². The molecule has 2 aromatic rings. The molecule has 6 nitrogen and oxygen atoms in total. The minimum atomic E-state index is -0.857. The van der Waals surface area contributed by atoms with Crippen LogP contribution in [0.2, 0.25) is 0 Å². The number of para-hydroxylation sites is 1. The predicted octanol–water partition coefficient (Wildman–Crippen LogP) is 3.17. The summed E-state index contributed by atoms with van der Waals surface area (Å²) in [5.41, 5.74) is 1.05. The number of benzene rings is 2. The van der Waals surface area contributed by atoms with Crippen LogP contribution in [-0.2, 0) is 14.3 Å². The van der Waals surface area contributed by atoms with Gasteiger partial charge >= 0.3 is 5.97 Å². The van der Waals surface area contributed by atoms with Crippen LogP contribution in [0.4, 0.5) is 5.69 Å². The third kappa shape index (κ3) is 5.80. The second-order valence-corrected chi connectivity index (χ2v) is 5.16. The summed E-state index contributed by atoms with van der Waals surface area (Å²) in [4.78, 5) is 23.8. The maximum Gasteiger partial charge on any atom is 0.349 e. The number of nitrogens with zero attached hydrogens (tertiary/aromatic N) is 1. The fourth-order valence-electron chi connectivity index (χ4n) is 2.06. The van der Waals surface area contributed by atoms with Gasteiger partial charge in [-0.2, -0.15) is 5.26 Å². The van der Waals surface area contributed by atoms with Crippen molar-refractivity contribution in [1.29, 1.82) is 5.26 Å². The zero-order valence-corrected chi connectivity index (χ0v) is 14.3. The molecule has 0 bridgehead atoms. The molecule has 132 valence electrons. The summed E-state index contributed by atoms with van der Waals surface area (Å²) < 4.78 is 10.2. The zero-order chi connectivity index (χ0) is 18.8. The molecule has 0 spiro atoms. The normalized spacial score (nSPS) is 10.5. The maximum atomic E-state index is 12.0. The van der Waals surface area contributed by atoms with Gasteiger partial charge in [-0.15, -0.1) is 0 Å². The highest BCUT2D eigenvalue weighted by molar-refractivity contribution is 6.00. The van der Waals surface area contributed by atoms with Gasteiger partial charge in [-0.05, 0) is 42.8 Å². The molecule has 0 saturated carbocycles. The highest BCUT2D eigenvalue weighted by Crippen LogP contribution is 2.15. The largest absolute Gasteiger partial charge is 0.494 e. The van der Waals surface area contributed by atoms with Gasteiger partial charge in [-0.25, -0.2) is 4.79 Å². The minimum Gasteiger partial charge on any atom is -0.494 e. The molecule has 0 aliphatic carbocycles. The lowest BCUT2D eigenvalue weighted by Crippen LogP contribution is -2.21. The van der Waals surface area contributed by atoms with Gasteiger partial charge in [0, 0.05) is 5.69 Å². The number of nitriles is 1. The first-order valence-electron chi connectivity index (χ1n) is 7.99. The number of hydrogen-bond acceptors (Lipinski definition) is 5. The van der Waals surface area contributed by atoms with E-state index >= 15 is 0 Å². The first-order valence-corrected chi connectivity index (χ1v) is 7.99. The maximum absolute atomic E-state index is 12.0. The monoisotopic (exact) mass is 350 g/mol. The number of carbonyl (C=O) groups excluding carboxylic acids is 2. The number of ether oxygens (including phenoxy) is 2. The standard InChI is InChI=1S/C20H18N2O4/c1-2-25-18-10-8-15(9-11-18)12-16(13-21)20(24)26-14-19(23)22-17-6-4-3-5-7-17/h3-12H,2,14H2,1H3,(H,22,23)/b16-12+. The Kier molecular flexibility index (Phi) is 6.95. The Morgan fingerprint density at radius 1 is 1.12 bits per heavy atom. The molecule has 0 aromatic heterocycles. The van der Waals surface area contributed by atoms with Crippen LogP contribution < -0.4 is 10.1 Å². The molecule has 0 atom stereocenters. The number of esters is 1. The van der Waals surface area contributed by atoms with Crippen molar-refractivity contribution in [2.24, 2.45) is 0 Å². The Labute approximate surface area is 151 Å². The van der Waals surface area contributed by atoms with E-state index in [1.165, 1.54) is 6.08 Å². The zero-order valence-electron chi connectivity index (χ0n) is 14.3. The summed E-state index contributed by atoms with van der Waals surface area (Å²) in [7, 11) is 0. The lowest BCUT2D eigenvalue weighted by atomic mass is 10.1. The molecule has 0 unspecified atom stereocenters. The Bertz CT molecular complexity index is 821. The van der Waals surface area contributed by atoms with Crippen LogP contribution in [0.1, 0.15) is 12.5 Å². The van der Waals surface area contributed by atoms with Gasteiger partial charge in [0.05, 0.1) is 6.61 Å². The van der Waals surface area contributed by atoms with E-state index in [4.69, 9.17) is 14.7 Å². The number of amides is 1. The molecule has 0 aliphatic rings. The topological polar surface area (TPSA) is 88.4 Å². The van der Waals surface area contributed by atoms with E-state index in [9.17, 15) is 9.59 Å². The molecule has 26 heavy (non-hydrogen) atoms. The number of nitrogens with one attached hydrogen (secondary N) is 1. The summed E-state index contributed by atoms with van der Waals surface area (Å²) in [6.07, 6.45) is 1.40. The lowest BCUT2D eigenvalue weighted by Gasteiger charge is -2.06. The van der Waals surface area contributed by atoms with Crippen molar-refractivity contribution in [3.05, 3.63) is 65.7 Å². The van der Waals surface area contributed by atoms with Crippen LogP contribution in [-0.4, -0.2) is 25.1 Å². The molecule has 0 fully saturated rings. The summed E-state index contributed by atoms with van der Waals surface area (Å²) >= 11 is 0. The number of rotatable bonds is 7. The average Bonchev–Trinajstić information content (AvgIpc) is 2.66. The molecule has 0 heterocycles. The Morgan fingerprint density at radius 2 is 1.81 bits per heavy atom. The van der Waals surface area contributed by atoms with Crippen LogP contribution in [0.3, 0.4) is 0 Å². The molecule has 0 aliphatic heterocycles. The molecule has 1 N–H and O–H groups in total. The number of carbonyl (C=O) groups is 2. The third-order valence-electron chi connectivity index (χ3n) is 3.23. The van der Waals surface area contributed by atoms with Crippen LogP contribution in [0.15, 0.2) is 60.2 Å². The Hall–Kier alpha value is -3.59. The summed E-state index contributed by atoms with van der Waals surface area (Å²) in [6, 6.07) is 17.5. The molecule has 0 saturated heterocycles. The first-order chi connectivity index (χ1) is 12.6. The predicted molar refractivity (Wildman–Crippen MR) is 97.2 cm³/mol. The summed E-state index contributed by atoms with van der Waals surface area (Å²) in [5.74, 6) is -0.643. The van der Waals surface area contributed by atoms with Crippen molar-refractivity contribution in [1.82, 2.24) is 0 Å². The van der Waals surface area contributed by atoms with Gasteiger partial charge in [0.1, 0.15) is 17.4 Å². The molecule has 2 aromatic carbocycles. The van der Waals surface area contributed by atoms with E-state index < -0.39 is 18.5 Å². The van der Waals surface area contributed by atoms with Crippen molar-refractivity contribution < 1.29 is 19.1 Å². The highest BCUT2D eigenvalue weighted by Gasteiger charge is 2.13. The molecule has 0 radical (unpaired) electrons. The van der Waals surface area contributed by atoms with Crippen molar-refractivity contribution in [3.63, 3.8) is 0 Å². The van der Waals surface area contributed by atoms with Gasteiger partial charge in [-0.3, -0.25) is 4.79 Å². The van der Waals surface area contributed by atoms with Crippen molar-refractivity contribution in [3.8, 4) is 11.8 Å². The van der Waals surface area contributed by atoms with Crippen molar-refractivity contribution in [2.75, 3.05) is 18.5 Å². The minimum absolute atomic E-state index is 0.193. The van der Waals surface area contributed by atoms with Crippen LogP contribution >= 0.6 is 0 Å². The average molecular weight is 350 g/mol. The quantitative estimate of drug-likeness (QED) is 0.471. The smallest absolute Gasteiger partial charge is 0.349 e.